The highest BCUT2D eigenvalue weighted by Gasteiger charge is 2.09. The van der Waals surface area contributed by atoms with E-state index in [1.807, 2.05) is 13.8 Å². The molecular weight excluding hydrogens is 330 g/mol. The second-order valence-electron chi connectivity index (χ2n) is 4.98. The van der Waals surface area contributed by atoms with E-state index < -0.39 is 0 Å². The van der Waals surface area contributed by atoms with E-state index in [0.717, 1.165) is 48.0 Å². The number of halogens is 1. The summed E-state index contributed by atoms with van der Waals surface area (Å²) in [6.07, 6.45) is 3.02. The third-order valence-corrected chi connectivity index (χ3v) is 3.70. The highest BCUT2D eigenvalue weighted by atomic mass is 79.9. The number of ether oxygens (including phenoxy) is 1. The zero-order valence-electron chi connectivity index (χ0n) is 12.8. The van der Waals surface area contributed by atoms with Gasteiger partial charge in [0, 0.05) is 30.4 Å². The molecule has 4 nitrogen and oxygen atoms in total. The van der Waals surface area contributed by atoms with Gasteiger partial charge in [-0.2, -0.15) is 0 Å². The molecule has 5 heteroatoms. The van der Waals surface area contributed by atoms with Crippen LogP contribution in [0, 0.1) is 13.8 Å². The minimum Gasteiger partial charge on any atom is -0.382 e. The molecule has 0 amide bonds. The van der Waals surface area contributed by atoms with Gasteiger partial charge >= 0.3 is 0 Å². The fourth-order valence-corrected chi connectivity index (χ4v) is 2.52. The summed E-state index contributed by atoms with van der Waals surface area (Å²) in [6, 6.07) is 6.27. The predicted molar refractivity (Wildman–Crippen MR) is 90.3 cm³/mol. The number of hydrogen-bond acceptors (Lipinski definition) is 3. The van der Waals surface area contributed by atoms with Gasteiger partial charge in [-0.1, -0.05) is 22.0 Å². The van der Waals surface area contributed by atoms with Gasteiger partial charge in [0.25, 0.3) is 0 Å². The highest BCUT2D eigenvalue weighted by molar-refractivity contribution is 9.10. The molecule has 0 aliphatic heterocycles. The number of nitrogens with zero attached hydrogens (tertiary/aromatic N) is 2. The van der Waals surface area contributed by atoms with Gasteiger partial charge in [-0.15, -0.1) is 0 Å². The molecule has 0 unspecified atom stereocenters. The van der Waals surface area contributed by atoms with Crippen LogP contribution >= 0.6 is 15.9 Å². The lowest BCUT2D eigenvalue weighted by molar-refractivity contribution is 0.147. The van der Waals surface area contributed by atoms with Crippen LogP contribution in [-0.4, -0.2) is 29.3 Å². The van der Waals surface area contributed by atoms with Crippen molar-refractivity contribution in [2.24, 2.45) is 0 Å². The molecule has 0 radical (unpaired) electrons. The van der Waals surface area contributed by atoms with Crippen LogP contribution in [0.5, 0.6) is 0 Å². The molecule has 0 saturated heterocycles. The predicted octanol–water partition coefficient (Wildman–Crippen LogP) is 4.09. The normalized spacial score (nSPS) is 10.9. The summed E-state index contributed by atoms with van der Waals surface area (Å²) in [5.74, 6) is 0.880. The van der Waals surface area contributed by atoms with Gasteiger partial charge in [0.1, 0.15) is 0 Å². The fraction of sp³-hybridized carbons (Fsp3) is 0.438. The largest absolute Gasteiger partial charge is 0.382 e. The average molecular weight is 352 g/mol. The maximum Gasteiger partial charge on any atom is 0.207 e. The Morgan fingerprint density at radius 3 is 2.90 bits per heavy atom. The fourth-order valence-electron chi connectivity index (χ4n) is 2.17. The topological polar surface area (TPSA) is 39.1 Å². The summed E-state index contributed by atoms with van der Waals surface area (Å²) in [6.45, 7) is 8.53. The minimum absolute atomic E-state index is 0.769. The first-order valence-electron chi connectivity index (χ1n) is 7.26. The number of hydrogen-bond donors (Lipinski definition) is 1. The highest BCUT2D eigenvalue weighted by Crippen LogP contribution is 2.23. The first kappa shape index (κ1) is 16.0. The van der Waals surface area contributed by atoms with E-state index in [2.05, 4.69) is 62.1 Å². The molecule has 1 aromatic carbocycles. The molecule has 21 heavy (non-hydrogen) atoms. The number of rotatable bonds is 7. The van der Waals surface area contributed by atoms with Crippen LogP contribution in [0.25, 0.3) is 5.69 Å². The molecule has 0 spiro atoms. The molecule has 0 atom stereocenters. The van der Waals surface area contributed by atoms with E-state index in [1.165, 1.54) is 5.56 Å². The van der Waals surface area contributed by atoms with E-state index in [4.69, 9.17) is 4.74 Å². The number of nitrogens with one attached hydrogen (secondary N) is 1. The van der Waals surface area contributed by atoms with Crippen molar-refractivity contribution in [3.8, 4) is 5.69 Å². The maximum absolute atomic E-state index is 5.35. The number of benzene rings is 1. The van der Waals surface area contributed by atoms with Crippen molar-refractivity contribution < 1.29 is 4.74 Å². The zero-order valence-corrected chi connectivity index (χ0v) is 14.4. The van der Waals surface area contributed by atoms with E-state index in [1.54, 1.807) is 0 Å². The molecule has 2 rings (SSSR count). The first-order valence-corrected chi connectivity index (χ1v) is 8.05. The third-order valence-electron chi connectivity index (χ3n) is 3.21. The molecule has 0 bridgehead atoms. The van der Waals surface area contributed by atoms with Gasteiger partial charge in [0.05, 0.1) is 11.4 Å². The zero-order chi connectivity index (χ0) is 15.2. The van der Waals surface area contributed by atoms with Crippen molar-refractivity contribution in [2.45, 2.75) is 27.2 Å². The van der Waals surface area contributed by atoms with Crippen molar-refractivity contribution in [3.63, 3.8) is 0 Å². The van der Waals surface area contributed by atoms with Crippen LogP contribution in [0.2, 0.25) is 0 Å². The molecule has 0 fully saturated rings. The Morgan fingerprint density at radius 2 is 2.14 bits per heavy atom. The van der Waals surface area contributed by atoms with Gasteiger partial charge in [-0.25, -0.2) is 4.98 Å². The van der Waals surface area contributed by atoms with Crippen LogP contribution < -0.4 is 5.32 Å². The van der Waals surface area contributed by atoms with Crippen LogP contribution in [-0.2, 0) is 4.74 Å². The Balaban J connectivity index is 2.14. The smallest absolute Gasteiger partial charge is 0.207 e. The summed E-state index contributed by atoms with van der Waals surface area (Å²) in [4.78, 5) is 4.57. The van der Waals surface area contributed by atoms with Crippen LogP contribution in [0.4, 0.5) is 5.95 Å². The Bertz CT molecular complexity index is 595. The molecular formula is C16H22BrN3O. The van der Waals surface area contributed by atoms with E-state index in [0.29, 0.717) is 0 Å². The molecule has 2 aromatic rings. The van der Waals surface area contributed by atoms with Crippen molar-refractivity contribution in [1.29, 1.82) is 0 Å². The van der Waals surface area contributed by atoms with Crippen LogP contribution in [0.15, 0.2) is 28.9 Å². The molecule has 0 saturated carbocycles. The first-order chi connectivity index (χ1) is 10.1. The van der Waals surface area contributed by atoms with Gasteiger partial charge in [0.15, 0.2) is 0 Å². The second-order valence-corrected chi connectivity index (χ2v) is 5.90. The standard InChI is InChI=1S/C16H22BrN3O/c1-4-21-9-5-8-18-16-19-13(3)11-20(16)15-10-14(17)7-6-12(15)2/h6-7,10-11H,4-5,8-9H2,1-3H3,(H,18,19). The molecule has 114 valence electrons. The summed E-state index contributed by atoms with van der Waals surface area (Å²) in [5.41, 5.74) is 3.35. The Morgan fingerprint density at radius 1 is 1.33 bits per heavy atom. The lowest BCUT2D eigenvalue weighted by atomic mass is 10.2. The molecule has 1 heterocycles. The van der Waals surface area contributed by atoms with Gasteiger partial charge in [0.2, 0.25) is 5.95 Å². The maximum atomic E-state index is 5.35. The molecule has 0 aliphatic carbocycles. The lowest BCUT2D eigenvalue weighted by Crippen LogP contribution is -2.10. The lowest BCUT2D eigenvalue weighted by Gasteiger charge is -2.12. The second kappa shape index (κ2) is 7.61. The van der Waals surface area contributed by atoms with E-state index in [9.17, 15) is 0 Å². The summed E-state index contributed by atoms with van der Waals surface area (Å²) >= 11 is 3.54. The minimum atomic E-state index is 0.769. The molecule has 1 N–H and O–H groups in total. The number of anilines is 1. The van der Waals surface area contributed by atoms with Crippen molar-refractivity contribution in [1.82, 2.24) is 9.55 Å². The van der Waals surface area contributed by atoms with Gasteiger partial charge in [-0.05, 0) is 44.9 Å². The Kier molecular flexibility index (Phi) is 5.82. The summed E-state index contributed by atoms with van der Waals surface area (Å²) < 4.78 is 8.53. The number of aryl methyl sites for hydroxylation is 2. The number of aromatic nitrogens is 2. The quantitative estimate of drug-likeness (QED) is 0.763. The van der Waals surface area contributed by atoms with Gasteiger partial charge < -0.3 is 10.1 Å². The molecule has 0 aliphatic rings. The third kappa shape index (κ3) is 4.32. The van der Waals surface area contributed by atoms with Crippen molar-refractivity contribution in [2.75, 3.05) is 25.1 Å². The Labute approximate surface area is 134 Å². The van der Waals surface area contributed by atoms with E-state index in [-0.39, 0.29) is 0 Å². The van der Waals surface area contributed by atoms with Crippen LogP contribution in [0.1, 0.15) is 24.6 Å². The number of imidazole rings is 1. The van der Waals surface area contributed by atoms with Crippen molar-refractivity contribution in [3.05, 3.63) is 40.1 Å². The molecule has 1 aromatic heterocycles. The van der Waals surface area contributed by atoms with Gasteiger partial charge in [-0.3, -0.25) is 4.57 Å². The average Bonchev–Trinajstić information content (AvgIpc) is 2.82. The van der Waals surface area contributed by atoms with Crippen LogP contribution in [0.3, 0.4) is 0 Å². The van der Waals surface area contributed by atoms with E-state index >= 15 is 0 Å². The SMILES string of the molecule is CCOCCCNc1nc(C)cn1-c1cc(Br)ccc1C. The monoisotopic (exact) mass is 351 g/mol. The summed E-state index contributed by atoms with van der Waals surface area (Å²) in [7, 11) is 0. The Hall–Kier alpha value is -1.33. The summed E-state index contributed by atoms with van der Waals surface area (Å²) in [5, 5.41) is 3.39. The van der Waals surface area contributed by atoms with Crippen molar-refractivity contribution >= 4 is 21.9 Å².